The van der Waals surface area contributed by atoms with Gasteiger partial charge >= 0.3 is 51.4 Å². The molecule has 0 unspecified atom stereocenters. The van der Waals surface area contributed by atoms with Crippen LogP contribution in [0.2, 0.25) is 0 Å². The maximum atomic E-state index is 10.5. The minimum absolute atomic E-state index is 0. The van der Waals surface area contributed by atoms with Crippen molar-refractivity contribution in [2.24, 2.45) is 0 Å². The van der Waals surface area contributed by atoms with E-state index in [0.29, 0.717) is 0 Å². The maximum absolute atomic E-state index is 10.5. The number of carbonyl (C=O) groups excluding carboxylic acids is 1. The van der Waals surface area contributed by atoms with Gasteiger partial charge in [0.05, 0.1) is 10.1 Å². The Morgan fingerprint density at radius 2 is 2.08 bits per heavy atom. The summed E-state index contributed by atoms with van der Waals surface area (Å²) in [6.07, 6.45) is 1.21. The third-order valence-electron chi connectivity index (χ3n) is 1.06. The van der Waals surface area contributed by atoms with Crippen molar-refractivity contribution < 1.29 is 69.1 Å². The fraction of sp³-hybridized carbons (Fsp3) is 0.500. The van der Waals surface area contributed by atoms with Gasteiger partial charge in [0.1, 0.15) is 0 Å². The van der Waals surface area contributed by atoms with Gasteiger partial charge in [0.15, 0.2) is 0 Å². The third-order valence-corrected chi connectivity index (χ3v) is 1.84. The van der Waals surface area contributed by atoms with E-state index in [4.69, 9.17) is 0 Å². The van der Waals surface area contributed by atoms with E-state index in [1.54, 1.807) is 0 Å². The summed E-state index contributed by atoms with van der Waals surface area (Å²) in [5, 5.41) is 2.34. The van der Waals surface area contributed by atoms with Crippen LogP contribution in [-0.4, -0.2) is 31.2 Å². The van der Waals surface area contributed by atoms with Gasteiger partial charge in [0.2, 0.25) is 5.91 Å². The van der Waals surface area contributed by atoms with E-state index in [0.717, 1.165) is 6.08 Å². The van der Waals surface area contributed by atoms with Crippen molar-refractivity contribution in [1.29, 1.82) is 0 Å². The first kappa shape index (κ1) is 16.2. The molecule has 0 rings (SSSR count). The van der Waals surface area contributed by atoms with E-state index >= 15 is 0 Å². The van der Waals surface area contributed by atoms with E-state index in [1.807, 2.05) is 0 Å². The molecular weight excluding hydrogens is 221 g/mol. The molecule has 0 saturated carbocycles. The smallest absolute Gasteiger partial charge is 0.748 e. The van der Waals surface area contributed by atoms with Crippen LogP contribution in [0.1, 0.15) is 6.42 Å². The quantitative estimate of drug-likeness (QED) is 0.228. The second-order valence-corrected chi connectivity index (χ2v) is 3.63. The van der Waals surface area contributed by atoms with Gasteiger partial charge in [0, 0.05) is 12.3 Å². The molecule has 1 N–H and O–H groups in total. The summed E-state index contributed by atoms with van der Waals surface area (Å²) < 4.78 is 30.2. The molecule has 0 fully saturated rings. The molecule has 0 spiro atoms. The Bertz CT molecular complexity index is 262. The minimum Gasteiger partial charge on any atom is -0.748 e. The van der Waals surface area contributed by atoms with Crippen LogP contribution in [-0.2, 0) is 14.9 Å². The monoisotopic (exact) mass is 231 g/mol. The summed E-state index contributed by atoms with van der Waals surface area (Å²) in [7, 11) is -4.16. The fourth-order valence-corrected chi connectivity index (χ4v) is 1.03. The molecule has 0 saturated heterocycles. The predicted octanol–water partition coefficient (Wildman–Crippen LogP) is -3.77. The minimum atomic E-state index is -4.16. The first-order chi connectivity index (χ1) is 5.45. The summed E-state index contributed by atoms with van der Waals surface area (Å²) in [5.41, 5.74) is 0. The molecule has 70 valence electrons. The molecule has 0 aliphatic heterocycles. The Morgan fingerprint density at radius 3 is 2.46 bits per heavy atom. The summed E-state index contributed by atoms with van der Waals surface area (Å²) >= 11 is 0. The summed E-state index contributed by atoms with van der Waals surface area (Å²) in [6.45, 7) is 3.37. The zero-order valence-corrected chi connectivity index (χ0v) is 11.4. The molecule has 7 heteroatoms. The van der Waals surface area contributed by atoms with Crippen molar-refractivity contribution in [2.75, 3.05) is 12.3 Å². The van der Waals surface area contributed by atoms with E-state index in [9.17, 15) is 17.8 Å². The first-order valence-electron chi connectivity index (χ1n) is 3.29. The predicted molar refractivity (Wildman–Crippen MR) is 42.4 cm³/mol. The van der Waals surface area contributed by atoms with Crippen molar-refractivity contribution in [1.82, 2.24) is 5.32 Å². The summed E-state index contributed by atoms with van der Waals surface area (Å²) in [4.78, 5) is 10.5. The molecule has 0 aromatic carbocycles. The van der Waals surface area contributed by atoms with Gasteiger partial charge in [-0.1, -0.05) is 6.58 Å². The molecule has 0 bridgehead atoms. The van der Waals surface area contributed by atoms with Gasteiger partial charge in [-0.3, -0.25) is 4.79 Å². The number of nitrogens with one attached hydrogen (secondary N) is 1. The van der Waals surface area contributed by atoms with Gasteiger partial charge in [-0.25, -0.2) is 8.42 Å². The molecule has 0 radical (unpaired) electrons. The Kier molecular flexibility index (Phi) is 10.1. The Balaban J connectivity index is 0. The van der Waals surface area contributed by atoms with Crippen LogP contribution in [0.25, 0.3) is 0 Å². The van der Waals surface area contributed by atoms with Crippen LogP contribution in [0.4, 0.5) is 0 Å². The second kappa shape index (κ2) is 8.10. The van der Waals surface area contributed by atoms with E-state index in [-0.39, 0.29) is 70.3 Å². The van der Waals surface area contributed by atoms with Crippen LogP contribution in [0.3, 0.4) is 0 Å². The van der Waals surface area contributed by atoms with Crippen molar-refractivity contribution in [2.45, 2.75) is 6.42 Å². The SMILES string of the molecule is C=CC(=O)NCCCS(=O)(=O)[O-].[K+]. The number of amides is 1. The fourth-order valence-electron chi connectivity index (χ4n) is 0.533. The third kappa shape index (κ3) is 12.8. The summed E-state index contributed by atoms with van der Waals surface area (Å²) in [6, 6.07) is 0. The first-order valence-corrected chi connectivity index (χ1v) is 4.87. The number of hydrogen-bond acceptors (Lipinski definition) is 4. The van der Waals surface area contributed by atoms with Crippen molar-refractivity contribution >= 4 is 16.0 Å². The molecule has 0 heterocycles. The van der Waals surface area contributed by atoms with Crippen LogP contribution >= 0.6 is 0 Å². The molecular formula is C6H10KNO4S. The summed E-state index contributed by atoms with van der Waals surface area (Å²) in [5.74, 6) is -0.831. The van der Waals surface area contributed by atoms with Gasteiger partial charge in [-0.15, -0.1) is 0 Å². The van der Waals surface area contributed by atoms with Crippen LogP contribution in [0, 0.1) is 0 Å². The van der Waals surface area contributed by atoms with Gasteiger partial charge in [-0.05, 0) is 12.5 Å². The van der Waals surface area contributed by atoms with Crippen molar-refractivity contribution in [3.8, 4) is 0 Å². The number of hydrogen-bond donors (Lipinski definition) is 1. The number of carbonyl (C=O) groups is 1. The molecule has 5 nitrogen and oxygen atoms in total. The van der Waals surface area contributed by atoms with Crippen molar-refractivity contribution in [3.05, 3.63) is 12.7 Å². The second-order valence-electron chi connectivity index (χ2n) is 2.11. The molecule has 0 atom stereocenters. The van der Waals surface area contributed by atoms with Crippen LogP contribution in [0.5, 0.6) is 0 Å². The van der Waals surface area contributed by atoms with Crippen LogP contribution < -0.4 is 56.7 Å². The van der Waals surface area contributed by atoms with E-state index < -0.39 is 15.9 Å². The topological polar surface area (TPSA) is 86.3 Å². The molecule has 0 aromatic heterocycles. The maximum Gasteiger partial charge on any atom is 1.00 e. The molecule has 13 heavy (non-hydrogen) atoms. The average molecular weight is 231 g/mol. The van der Waals surface area contributed by atoms with Crippen LogP contribution in [0.15, 0.2) is 12.7 Å². The van der Waals surface area contributed by atoms with E-state index in [1.165, 1.54) is 0 Å². The molecule has 0 aliphatic carbocycles. The zero-order valence-electron chi connectivity index (χ0n) is 7.45. The standard InChI is InChI=1S/C6H11NO4S.K/c1-2-6(8)7-4-3-5-12(9,10)11;/h2H,1,3-5H2,(H,7,8)(H,9,10,11);/q;+1/p-1. The molecule has 0 aromatic rings. The Labute approximate surface area is 120 Å². The van der Waals surface area contributed by atoms with Gasteiger partial charge in [0.25, 0.3) is 0 Å². The molecule has 1 amide bonds. The Morgan fingerprint density at radius 1 is 1.54 bits per heavy atom. The Hall–Kier alpha value is 0.756. The van der Waals surface area contributed by atoms with E-state index in [2.05, 4.69) is 11.9 Å². The van der Waals surface area contributed by atoms with Gasteiger partial charge < -0.3 is 9.87 Å². The number of rotatable bonds is 5. The largest absolute Gasteiger partial charge is 1.00 e. The van der Waals surface area contributed by atoms with Crippen molar-refractivity contribution in [3.63, 3.8) is 0 Å². The average Bonchev–Trinajstić information content (AvgIpc) is 1.96. The zero-order chi connectivity index (χ0) is 9.61. The molecule has 0 aliphatic rings. The van der Waals surface area contributed by atoms with Gasteiger partial charge in [-0.2, -0.15) is 0 Å². The normalized spacial score (nSPS) is 9.92.